The fraction of sp³-hybridized carbons (Fsp3) is 0.188. The van der Waals surface area contributed by atoms with Crippen LogP contribution in [0.3, 0.4) is 0 Å². The Hall–Kier alpha value is -2.45. The van der Waals surface area contributed by atoms with Crippen LogP contribution in [0.15, 0.2) is 36.4 Å². The van der Waals surface area contributed by atoms with E-state index in [9.17, 15) is 13.9 Å². The Morgan fingerprint density at radius 3 is 2.71 bits per heavy atom. The highest BCUT2D eigenvalue weighted by Gasteiger charge is 2.14. The molecule has 2 aromatic rings. The summed E-state index contributed by atoms with van der Waals surface area (Å²) in [6.45, 7) is 1.51. The second kappa shape index (κ2) is 6.33. The molecule has 0 heterocycles. The minimum atomic E-state index is -1.000. The van der Waals surface area contributed by atoms with Crippen LogP contribution in [0, 0.1) is 29.9 Å². The van der Waals surface area contributed by atoms with E-state index in [-0.39, 0.29) is 23.7 Å². The lowest BCUT2D eigenvalue weighted by atomic mass is 10.0. The molecule has 5 heteroatoms. The molecule has 0 aliphatic rings. The Kier molecular flexibility index (Phi) is 4.51. The summed E-state index contributed by atoms with van der Waals surface area (Å²) in [5.41, 5.74) is 0.901. The minimum Gasteiger partial charge on any atom is -0.489 e. The van der Waals surface area contributed by atoms with E-state index in [1.807, 2.05) is 0 Å². The molecule has 0 aliphatic heterocycles. The molecule has 0 bridgehead atoms. The van der Waals surface area contributed by atoms with Gasteiger partial charge >= 0.3 is 0 Å². The molecule has 1 N–H and O–H groups in total. The third-order valence-electron chi connectivity index (χ3n) is 3.07. The van der Waals surface area contributed by atoms with Crippen LogP contribution >= 0.6 is 0 Å². The summed E-state index contributed by atoms with van der Waals surface area (Å²) in [6, 6.07) is 9.76. The average Bonchev–Trinajstić information content (AvgIpc) is 2.44. The lowest BCUT2D eigenvalue weighted by molar-refractivity contribution is 0.107. The van der Waals surface area contributed by atoms with Crippen LogP contribution in [0.4, 0.5) is 8.78 Å². The average molecular weight is 289 g/mol. The topological polar surface area (TPSA) is 53.2 Å². The highest BCUT2D eigenvalue weighted by molar-refractivity contribution is 5.43. The van der Waals surface area contributed by atoms with E-state index in [0.29, 0.717) is 11.1 Å². The summed E-state index contributed by atoms with van der Waals surface area (Å²) in [6.07, 6.45) is -1.000. The van der Waals surface area contributed by atoms with Crippen molar-refractivity contribution in [2.45, 2.75) is 13.0 Å². The van der Waals surface area contributed by atoms with Crippen LogP contribution in [0.25, 0.3) is 0 Å². The van der Waals surface area contributed by atoms with Crippen molar-refractivity contribution < 1.29 is 18.6 Å². The largest absolute Gasteiger partial charge is 0.489 e. The van der Waals surface area contributed by atoms with Gasteiger partial charge in [-0.15, -0.1) is 0 Å². The van der Waals surface area contributed by atoms with Crippen LogP contribution in [-0.2, 0) is 0 Å². The number of ether oxygens (including phenoxy) is 1. The molecule has 0 spiro atoms. The summed E-state index contributed by atoms with van der Waals surface area (Å²) in [4.78, 5) is 0. The summed E-state index contributed by atoms with van der Waals surface area (Å²) in [7, 11) is 0. The summed E-state index contributed by atoms with van der Waals surface area (Å²) < 4.78 is 31.7. The number of nitrogens with zero attached hydrogens (tertiary/aromatic N) is 1. The summed E-state index contributed by atoms with van der Waals surface area (Å²) in [5, 5.41) is 18.9. The first-order valence-corrected chi connectivity index (χ1v) is 6.28. The zero-order valence-electron chi connectivity index (χ0n) is 11.3. The highest BCUT2D eigenvalue weighted by atomic mass is 19.1. The fourth-order valence-electron chi connectivity index (χ4n) is 2.00. The van der Waals surface area contributed by atoms with E-state index in [1.165, 1.54) is 30.3 Å². The van der Waals surface area contributed by atoms with Gasteiger partial charge in [0.2, 0.25) is 0 Å². The Labute approximate surface area is 121 Å². The van der Waals surface area contributed by atoms with Gasteiger partial charge in [-0.05, 0) is 42.3 Å². The smallest absolute Gasteiger partial charge is 0.144 e. The van der Waals surface area contributed by atoms with E-state index in [0.717, 1.165) is 6.07 Å². The number of nitriles is 1. The van der Waals surface area contributed by atoms with Crippen molar-refractivity contribution in [3.63, 3.8) is 0 Å². The SMILES string of the molecule is Cc1cc(F)ccc1C(O)COc1cccc(F)c1C#N. The lowest BCUT2D eigenvalue weighted by Crippen LogP contribution is -2.12. The van der Waals surface area contributed by atoms with Gasteiger partial charge in [-0.2, -0.15) is 5.26 Å². The molecule has 3 nitrogen and oxygen atoms in total. The van der Waals surface area contributed by atoms with Crippen LogP contribution in [0.2, 0.25) is 0 Å². The van der Waals surface area contributed by atoms with Crippen molar-refractivity contribution >= 4 is 0 Å². The van der Waals surface area contributed by atoms with Gasteiger partial charge in [0.25, 0.3) is 0 Å². The molecule has 0 fully saturated rings. The number of hydrogen-bond acceptors (Lipinski definition) is 3. The summed E-state index contributed by atoms with van der Waals surface area (Å²) in [5.74, 6) is -1.000. The predicted molar refractivity (Wildman–Crippen MR) is 72.7 cm³/mol. The zero-order valence-corrected chi connectivity index (χ0v) is 11.3. The van der Waals surface area contributed by atoms with Crippen molar-refractivity contribution in [1.29, 1.82) is 5.26 Å². The molecule has 21 heavy (non-hydrogen) atoms. The number of aliphatic hydroxyl groups is 1. The van der Waals surface area contributed by atoms with Crippen molar-refractivity contribution in [1.82, 2.24) is 0 Å². The third-order valence-corrected chi connectivity index (χ3v) is 3.07. The third kappa shape index (κ3) is 3.36. The van der Waals surface area contributed by atoms with Gasteiger partial charge in [-0.25, -0.2) is 8.78 Å². The number of halogens is 2. The van der Waals surface area contributed by atoms with Gasteiger partial charge in [0.1, 0.15) is 41.7 Å². The van der Waals surface area contributed by atoms with Gasteiger partial charge in [0.05, 0.1) is 0 Å². The number of aryl methyl sites for hydroxylation is 1. The summed E-state index contributed by atoms with van der Waals surface area (Å²) >= 11 is 0. The molecule has 0 amide bonds. The zero-order chi connectivity index (χ0) is 15.4. The van der Waals surface area contributed by atoms with Gasteiger partial charge in [-0.1, -0.05) is 12.1 Å². The van der Waals surface area contributed by atoms with Crippen molar-refractivity contribution in [3.05, 3.63) is 64.7 Å². The monoisotopic (exact) mass is 289 g/mol. The standard InChI is InChI=1S/C16H13F2NO2/c1-10-7-11(17)5-6-12(10)15(20)9-21-16-4-2-3-14(18)13(16)8-19/h2-7,15,20H,9H2,1H3. The first-order valence-electron chi connectivity index (χ1n) is 6.28. The second-order valence-corrected chi connectivity index (χ2v) is 4.55. The maximum absolute atomic E-state index is 13.4. The van der Waals surface area contributed by atoms with E-state index in [1.54, 1.807) is 13.0 Å². The number of hydrogen-bond donors (Lipinski definition) is 1. The van der Waals surface area contributed by atoms with Crippen LogP contribution in [0.1, 0.15) is 22.8 Å². The van der Waals surface area contributed by atoms with Crippen molar-refractivity contribution in [2.24, 2.45) is 0 Å². The van der Waals surface area contributed by atoms with Crippen molar-refractivity contribution in [3.8, 4) is 11.8 Å². The quantitative estimate of drug-likeness (QED) is 0.940. The van der Waals surface area contributed by atoms with Gasteiger partial charge in [0, 0.05) is 0 Å². The highest BCUT2D eigenvalue weighted by Crippen LogP contribution is 2.23. The lowest BCUT2D eigenvalue weighted by Gasteiger charge is -2.15. The first kappa shape index (κ1) is 14.9. The number of aliphatic hydroxyl groups excluding tert-OH is 1. The molecule has 1 atom stereocenters. The van der Waals surface area contributed by atoms with Gasteiger partial charge in [0.15, 0.2) is 0 Å². The van der Waals surface area contributed by atoms with Gasteiger partial charge < -0.3 is 9.84 Å². The number of benzene rings is 2. The molecule has 0 saturated carbocycles. The van der Waals surface area contributed by atoms with Crippen LogP contribution in [-0.4, -0.2) is 11.7 Å². The van der Waals surface area contributed by atoms with Crippen LogP contribution in [0.5, 0.6) is 5.75 Å². The molecular formula is C16H13F2NO2. The minimum absolute atomic E-state index is 0.0660. The normalized spacial score (nSPS) is 11.8. The molecule has 2 aromatic carbocycles. The Balaban J connectivity index is 2.13. The molecule has 0 radical (unpaired) electrons. The molecule has 2 rings (SSSR count). The Morgan fingerprint density at radius 1 is 1.29 bits per heavy atom. The molecule has 108 valence electrons. The van der Waals surface area contributed by atoms with E-state index >= 15 is 0 Å². The van der Waals surface area contributed by atoms with E-state index in [4.69, 9.17) is 10.00 Å². The molecule has 0 aromatic heterocycles. The molecule has 0 aliphatic carbocycles. The van der Waals surface area contributed by atoms with Gasteiger partial charge in [-0.3, -0.25) is 0 Å². The molecule has 0 saturated heterocycles. The predicted octanol–water partition coefficient (Wildman–Crippen LogP) is 3.26. The Morgan fingerprint density at radius 2 is 2.05 bits per heavy atom. The number of rotatable bonds is 4. The Bertz CT molecular complexity index is 695. The maximum Gasteiger partial charge on any atom is 0.144 e. The van der Waals surface area contributed by atoms with E-state index < -0.39 is 11.9 Å². The van der Waals surface area contributed by atoms with Crippen LogP contribution < -0.4 is 4.74 Å². The molecular weight excluding hydrogens is 276 g/mol. The first-order chi connectivity index (χ1) is 10.0. The fourth-order valence-corrected chi connectivity index (χ4v) is 2.00. The van der Waals surface area contributed by atoms with E-state index in [2.05, 4.69) is 0 Å². The second-order valence-electron chi connectivity index (χ2n) is 4.55. The van der Waals surface area contributed by atoms with Crippen molar-refractivity contribution in [2.75, 3.05) is 6.61 Å². The molecule has 1 unspecified atom stereocenters. The maximum atomic E-state index is 13.4.